The zero-order chi connectivity index (χ0) is 12.1. The first-order valence-electron chi connectivity index (χ1n) is 6.34. The fraction of sp³-hybridized carbons (Fsp3) is 0.467. The summed E-state index contributed by atoms with van der Waals surface area (Å²) in [5.74, 6) is 0. The molecule has 0 amide bonds. The molecule has 88 valence electrons. The summed E-state index contributed by atoms with van der Waals surface area (Å²) >= 11 is 0. The number of hydrogen-bond acceptors (Lipinski definition) is 2. The first-order valence-corrected chi connectivity index (χ1v) is 6.34. The summed E-state index contributed by atoms with van der Waals surface area (Å²) in [7, 11) is 0. The Balaban J connectivity index is 2.18. The molecule has 0 aromatic heterocycles. The Morgan fingerprint density at radius 3 is 2.41 bits per heavy atom. The second-order valence-electron chi connectivity index (χ2n) is 4.75. The molecule has 17 heavy (non-hydrogen) atoms. The van der Waals surface area contributed by atoms with E-state index in [4.69, 9.17) is 0 Å². The molecule has 1 aliphatic carbocycles. The van der Waals surface area contributed by atoms with Gasteiger partial charge in [-0.25, -0.2) is 0 Å². The lowest BCUT2D eigenvalue weighted by atomic mass is 9.95. The smallest absolute Gasteiger partial charge is 0.142 e. The third-order valence-electron chi connectivity index (χ3n) is 3.32. The van der Waals surface area contributed by atoms with Crippen molar-refractivity contribution in [1.82, 2.24) is 0 Å². The third kappa shape index (κ3) is 3.17. The summed E-state index contributed by atoms with van der Waals surface area (Å²) < 4.78 is 0. The topological polar surface area (TPSA) is 36.1 Å². The average Bonchev–Trinajstić information content (AvgIpc) is 2.38. The van der Waals surface area contributed by atoms with Crippen LogP contribution in [0.3, 0.4) is 0 Å². The molecule has 0 saturated heterocycles. The fourth-order valence-electron chi connectivity index (χ4n) is 2.27. The summed E-state index contributed by atoms with van der Waals surface area (Å²) in [4.78, 5) is 4.61. The molecule has 0 N–H and O–H groups in total. The molecule has 0 bridgehead atoms. The molecule has 0 heterocycles. The highest BCUT2D eigenvalue weighted by Gasteiger charge is 2.13. The standard InChI is InChI=1S/C15H18N2/c1-12-7-9-13(10-8-12)15(11-16)17-14-5-3-2-4-6-14/h7-10,14H,2-6H2,1H3. The van der Waals surface area contributed by atoms with Gasteiger partial charge in [-0.15, -0.1) is 0 Å². The van der Waals surface area contributed by atoms with E-state index < -0.39 is 0 Å². The van der Waals surface area contributed by atoms with Crippen LogP contribution in [-0.2, 0) is 0 Å². The maximum absolute atomic E-state index is 9.20. The quantitative estimate of drug-likeness (QED) is 0.709. The van der Waals surface area contributed by atoms with Gasteiger partial charge >= 0.3 is 0 Å². The molecule has 1 saturated carbocycles. The zero-order valence-corrected chi connectivity index (χ0v) is 10.3. The first-order chi connectivity index (χ1) is 8.29. The van der Waals surface area contributed by atoms with Crippen molar-refractivity contribution in [2.24, 2.45) is 4.99 Å². The summed E-state index contributed by atoms with van der Waals surface area (Å²) in [5, 5.41) is 9.20. The maximum Gasteiger partial charge on any atom is 0.142 e. The molecular formula is C15H18N2. The van der Waals surface area contributed by atoms with Crippen LogP contribution in [0.2, 0.25) is 0 Å². The molecule has 2 nitrogen and oxygen atoms in total. The monoisotopic (exact) mass is 226 g/mol. The third-order valence-corrected chi connectivity index (χ3v) is 3.32. The lowest BCUT2D eigenvalue weighted by Gasteiger charge is -2.17. The number of rotatable bonds is 2. The van der Waals surface area contributed by atoms with Crippen molar-refractivity contribution >= 4 is 5.71 Å². The van der Waals surface area contributed by atoms with Crippen LogP contribution in [0.4, 0.5) is 0 Å². The van der Waals surface area contributed by atoms with Gasteiger partial charge in [0.1, 0.15) is 11.8 Å². The van der Waals surface area contributed by atoms with Crippen molar-refractivity contribution in [3.63, 3.8) is 0 Å². The van der Waals surface area contributed by atoms with Gasteiger partial charge in [0, 0.05) is 5.56 Å². The Bertz CT molecular complexity index is 431. The van der Waals surface area contributed by atoms with Crippen LogP contribution in [-0.4, -0.2) is 11.8 Å². The van der Waals surface area contributed by atoms with Crippen molar-refractivity contribution < 1.29 is 0 Å². The van der Waals surface area contributed by atoms with Gasteiger partial charge in [-0.1, -0.05) is 49.1 Å². The molecule has 1 aliphatic rings. The summed E-state index contributed by atoms with van der Waals surface area (Å²) in [6.07, 6.45) is 6.09. The first kappa shape index (κ1) is 11.9. The molecular weight excluding hydrogens is 208 g/mol. The highest BCUT2D eigenvalue weighted by atomic mass is 14.8. The number of benzene rings is 1. The molecule has 2 heteroatoms. The number of nitrogens with zero attached hydrogens (tertiary/aromatic N) is 2. The summed E-state index contributed by atoms with van der Waals surface area (Å²) in [5.41, 5.74) is 2.75. The molecule has 0 aliphatic heterocycles. The van der Waals surface area contributed by atoms with Crippen LogP contribution < -0.4 is 0 Å². The van der Waals surface area contributed by atoms with E-state index in [1.807, 2.05) is 31.2 Å². The van der Waals surface area contributed by atoms with Crippen molar-refractivity contribution in [2.75, 3.05) is 0 Å². The van der Waals surface area contributed by atoms with Gasteiger partial charge < -0.3 is 0 Å². The van der Waals surface area contributed by atoms with Crippen molar-refractivity contribution in [1.29, 1.82) is 5.26 Å². The van der Waals surface area contributed by atoms with Gasteiger partial charge in [-0.05, 0) is 19.8 Å². The largest absolute Gasteiger partial charge is 0.270 e. The predicted molar refractivity (Wildman–Crippen MR) is 70.2 cm³/mol. The maximum atomic E-state index is 9.20. The average molecular weight is 226 g/mol. The summed E-state index contributed by atoms with van der Waals surface area (Å²) in [6, 6.07) is 10.6. The van der Waals surface area contributed by atoms with E-state index in [0.717, 1.165) is 18.4 Å². The van der Waals surface area contributed by atoms with E-state index in [2.05, 4.69) is 11.1 Å². The zero-order valence-electron chi connectivity index (χ0n) is 10.3. The molecule has 0 spiro atoms. The Morgan fingerprint density at radius 1 is 1.18 bits per heavy atom. The highest BCUT2D eigenvalue weighted by Crippen LogP contribution is 2.21. The van der Waals surface area contributed by atoms with Gasteiger partial charge in [-0.3, -0.25) is 4.99 Å². The minimum atomic E-state index is 0.361. The second kappa shape index (κ2) is 5.63. The van der Waals surface area contributed by atoms with Crippen LogP contribution in [0, 0.1) is 18.3 Å². The lowest BCUT2D eigenvalue weighted by Crippen LogP contribution is -2.12. The van der Waals surface area contributed by atoms with Crippen molar-refractivity contribution in [3.05, 3.63) is 35.4 Å². The minimum Gasteiger partial charge on any atom is -0.270 e. The van der Waals surface area contributed by atoms with E-state index in [1.54, 1.807) is 0 Å². The van der Waals surface area contributed by atoms with Crippen LogP contribution >= 0.6 is 0 Å². The SMILES string of the molecule is Cc1ccc(C(C#N)=NC2CCCCC2)cc1. The fourth-order valence-corrected chi connectivity index (χ4v) is 2.27. The molecule has 0 radical (unpaired) electrons. The molecule has 1 fully saturated rings. The number of nitriles is 1. The molecule has 1 aromatic carbocycles. The minimum absolute atomic E-state index is 0.361. The van der Waals surface area contributed by atoms with Crippen LogP contribution in [0.25, 0.3) is 0 Å². The molecule has 1 aromatic rings. The number of aliphatic imine (C=N–C) groups is 1. The van der Waals surface area contributed by atoms with E-state index in [9.17, 15) is 5.26 Å². The van der Waals surface area contributed by atoms with E-state index >= 15 is 0 Å². The van der Waals surface area contributed by atoms with Crippen molar-refractivity contribution in [3.8, 4) is 6.07 Å². The number of hydrogen-bond donors (Lipinski definition) is 0. The van der Waals surface area contributed by atoms with Gasteiger partial charge in [0.05, 0.1) is 6.04 Å². The Hall–Kier alpha value is -1.62. The van der Waals surface area contributed by atoms with E-state index in [0.29, 0.717) is 11.8 Å². The molecule has 0 atom stereocenters. The second-order valence-corrected chi connectivity index (χ2v) is 4.75. The van der Waals surface area contributed by atoms with Gasteiger partial charge in [0.2, 0.25) is 0 Å². The van der Waals surface area contributed by atoms with Gasteiger partial charge in [0.15, 0.2) is 0 Å². The Kier molecular flexibility index (Phi) is 3.93. The van der Waals surface area contributed by atoms with Crippen LogP contribution in [0.15, 0.2) is 29.3 Å². The normalized spacial score (nSPS) is 17.8. The number of aryl methyl sites for hydroxylation is 1. The molecule has 0 unspecified atom stereocenters. The highest BCUT2D eigenvalue weighted by molar-refractivity contribution is 6.11. The Labute approximate surface area is 103 Å². The predicted octanol–water partition coefficient (Wildman–Crippen LogP) is 3.64. The van der Waals surface area contributed by atoms with Gasteiger partial charge in [-0.2, -0.15) is 5.26 Å². The van der Waals surface area contributed by atoms with Crippen molar-refractivity contribution in [2.45, 2.75) is 45.1 Å². The van der Waals surface area contributed by atoms with Crippen LogP contribution in [0.5, 0.6) is 0 Å². The lowest BCUT2D eigenvalue weighted by molar-refractivity contribution is 0.444. The van der Waals surface area contributed by atoms with Crippen LogP contribution in [0.1, 0.15) is 43.2 Å². The molecule has 2 rings (SSSR count). The van der Waals surface area contributed by atoms with E-state index in [-0.39, 0.29) is 0 Å². The Morgan fingerprint density at radius 2 is 1.82 bits per heavy atom. The van der Waals surface area contributed by atoms with E-state index in [1.165, 1.54) is 24.8 Å². The van der Waals surface area contributed by atoms with Gasteiger partial charge in [0.25, 0.3) is 0 Å². The summed E-state index contributed by atoms with van der Waals surface area (Å²) in [6.45, 7) is 2.05.